The minimum absolute atomic E-state index is 0.176. The molecule has 0 amide bonds. The molecule has 0 saturated heterocycles. The maximum absolute atomic E-state index is 4.44. The Balaban J connectivity index is 2.00. The molecule has 1 atom stereocenters. The van der Waals surface area contributed by atoms with E-state index in [9.17, 15) is 0 Å². The molecule has 0 N–H and O–H groups in total. The highest BCUT2D eigenvalue weighted by atomic mass is 79.9. The molecule has 0 saturated carbocycles. The Labute approximate surface area is 153 Å². The van der Waals surface area contributed by atoms with E-state index in [1.807, 2.05) is 0 Å². The predicted molar refractivity (Wildman–Crippen MR) is 105 cm³/mol. The molecule has 0 radical (unpaired) electrons. The number of benzene rings is 3. The Bertz CT molecular complexity index is 904. The van der Waals surface area contributed by atoms with Gasteiger partial charge < -0.3 is 0 Å². The molecular weight excluding hydrogens is 412 g/mol. The van der Waals surface area contributed by atoms with Gasteiger partial charge in [0.15, 0.2) is 0 Å². The lowest BCUT2D eigenvalue weighted by atomic mass is 9.73. The summed E-state index contributed by atoms with van der Waals surface area (Å²) in [6.07, 6.45) is 0. The van der Waals surface area contributed by atoms with Gasteiger partial charge in [-0.2, -0.15) is 0 Å². The zero-order chi connectivity index (χ0) is 16.0. The first kappa shape index (κ1) is 14.9. The van der Waals surface area contributed by atoms with Crippen LogP contribution in [0.1, 0.15) is 22.6 Å². The lowest BCUT2D eigenvalue weighted by Gasteiger charge is -2.30. The van der Waals surface area contributed by atoms with Crippen LogP contribution in [0.4, 0.5) is 0 Å². The summed E-state index contributed by atoms with van der Waals surface area (Å²) in [5, 5.41) is 0. The van der Waals surface area contributed by atoms with E-state index in [1.54, 1.807) is 0 Å². The van der Waals surface area contributed by atoms with Gasteiger partial charge in [0.1, 0.15) is 0 Å². The van der Waals surface area contributed by atoms with Gasteiger partial charge in [-0.1, -0.05) is 87.0 Å². The largest absolute Gasteiger partial charge is 0.0942 e. The summed E-state index contributed by atoms with van der Waals surface area (Å²) in [7, 11) is 0. The van der Waals surface area contributed by atoms with Gasteiger partial charge in [0.05, 0.1) is 0 Å². The zero-order valence-electron chi connectivity index (χ0n) is 12.4. The van der Waals surface area contributed by atoms with Crippen molar-refractivity contribution in [3.05, 3.63) is 98.9 Å². The molecule has 0 aliphatic heterocycles. The average Bonchev–Trinajstić information content (AvgIpc) is 2.54. The van der Waals surface area contributed by atoms with Crippen molar-refractivity contribution in [1.82, 2.24) is 0 Å². The van der Waals surface area contributed by atoms with Crippen molar-refractivity contribution in [1.29, 1.82) is 0 Å². The number of fused-ring (bicyclic) bond motifs is 3. The van der Waals surface area contributed by atoms with E-state index in [-0.39, 0.29) is 5.92 Å². The van der Waals surface area contributed by atoms with Gasteiger partial charge >= 0.3 is 0 Å². The fourth-order valence-electron chi connectivity index (χ4n) is 3.46. The predicted octanol–water partition coefficient (Wildman–Crippen LogP) is 7.04. The molecule has 0 nitrogen and oxygen atoms in total. The number of hydrogen-bond donors (Lipinski definition) is 0. The first-order valence-electron chi connectivity index (χ1n) is 7.48. The smallest absolute Gasteiger partial charge is 0.0347 e. The first-order valence-corrected chi connectivity index (χ1v) is 9.07. The summed E-state index contributed by atoms with van der Waals surface area (Å²) in [4.78, 5) is 0. The second-order valence-corrected chi connectivity index (χ2v) is 7.63. The third-order valence-corrected chi connectivity index (χ3v) is 5.32. The van der Waals surface area contributed by atoms with Crippen LogP contribution in [0.25, 0.3) is 16.7 Å². The molecule has 0 heterocycles. The number of hydrogen-bond acceptors (Lipinski definition) is 0. The van der Waals surface area contributed by atoms with Crippen molar-refractivity contribution in [2.24, 2.45) is 0 Å². The maximum atomic E-state index is 4.44. The van der Waals surface area contributed by atoms with Gasteiger partial charge in [0.2, 0.25) is 0 Å². The van der Waals surface area contributed by atoms with E-state index < -0.39 is 0 Å². The second kappa shape index (κ2) is 5.77. The molecular formula is C21H14Br2. The lowest BCUT2D eigenvalue weighted by molar-refractivity contribution is 1.03. The number of halogens is 2. The Morgan fingerprint density at radius 1 is 0.696 bits per heavy atom. The maximum Gasteiger partial charge on any atom is 0.0347 e. The van der Waals surface area contributed by atoms with E-state index >= 15 is 0 Å². The summed E-state index contributed by atoms with van der Waals surface area (Å²) < 4.78 is 2.15. The molecule has 0 spiro atoms. The molecule has 3 aromatic carbocycles. The summed E-state index contributed by atoms with van der Waals surface area (Å²) in [5.41, 5.74) is 7.55. The van der Waals surface area contributed by atoms with Crippen LogP contribution in [0.2, 0.25) is 0 Å². The van der Waals surface area contributed by atoms with Crippen LogP contribution >= 0.6 is 31.9 Å². The van der Waals surface area contributed by atoms with Crippen LogP contribution in [0.15, 0.2) is 82.3 Å². The first-order chi connectivity index (χ1) is 11.1. The second-order valence-electron chi connectivity index (χ2n) is 5.79. The molecule has 3 aromatic rings. The van der Waals surface area contributed by atoms with Crippen LogP contribution in [0.3, 0.4) is 0 Å². The van der Waals surface area contributed by atoms with E-state index in [2.05, 4.69) is 105 Å². The van der Waals surface area contributed by atoms with Crippen molar-refractivity contribution >= 4 is 37.4 Å². The van der Waals surface area contributed by atoms with Crippen molar-refractivity contribution in [2.75, 3.05) is 0 Å². The average molecular weight is 426 g/mol. The molecule has 112 valence electrons. The van der Waals surface area contributed by atoms with Gasteiger partial charge in [0.25, 0.3) is 0 Å². The Morgan fingerprint density at radius 3 is 1.96 bits per heavy atom. The van der Waals surface area contributed by atoms with Crippen LogP contribution in [0.5, 0.6) is 0 Å². The van der Waals surface area contributed by atoms with Crippen molar-refractivity contribution in [3.63, 3.8) is 0 Å². The van der Waals surface area contributed by atoms with Crippen LogP contribution in [0, 0.1) is 0 Å². The quantitative estimate of drug-likeness (QED) is 0.392. The Morgan fingerprint density at radius 2 is 1.26 bits per heavy atom. The van der Waals surface area contributed by atoms with Crippen LogP contribution in [-0.4, -0.2) is 0 Å². The van der Waals surface area contributed by atoms with Crippen molar-refractivity contribution < 1.29 is 0 Å². The van der Waals surface area contributed by atoms with Gasteiger partial charge in [-0.25, -0.2) is 0 Å². The molecule has 23 heavy (non-hydrogen) atoms. The molecule has 1 aliphatic rings. The third-order valence-electron chi connectivity index (χ3n) is 4.40. The molecule has 2 heteroatoms. The number of rotatable bonds is 1. The summed E-state index contributed by atoms with van der Waals surface area (Å²) in [5.74, 6) is 0.176. The standard InChI is InChI=1S/C21H14Br2/c1-13-17-6-2-3-7-18(17)19-8-4-5-9-20(19)21(13)14-10-15(22)12-16(23)11-14/h2-12,21H,1H2. The number of allylic oxidation sites excluding steroid dienone is 1. The van der Waals surface area contributed by atoms with Crippen LogP contribution in [-0.2, 0) is 0 Å². The fourth-order valence-corrected chi connectivity index (χ4v) is 4.79. The third kappa shape index (κ3) is 2.50. The van der Waals surface area contributed by atoms with Crippen molar-refractivity contribution in [2.45, 2.75) is 5.92 Å². The van der Waals surface area contributed by atoms with Gasteiger partial charge in [-0.3, -0.25) is 0 Å². The fraction of sp³-hybridized carbons (Fsp3) is 0.0476. The normalized spacial score (nSPS) is 15.9. The van der Waals surface area contributed by atoms with Gasteiger partial charge in [-0.15, -0.1) is 0 Å². The highest BCUT2D eigenvalue weighted by Gasteiger charge is 2.28. The van der Waals surface area contributed by atoms with E-state index in [0.717, 1.165) is 14.5 Å². The highest BCUT2D eigenvalue weighted by molar-refractivity contribution is 9.11. The summed E-state index contributed by atoms with van der Waals surface area (Å²) in [6.45, 7) is 4.44. The highest BCUT2D eigenvalue weighted by Crippen LogP contribution is 2.48. The molecule has 0 aromatic heterocycles. The van der Waals surface area contributed by atoms with Crippen molar-refractivity contribution in [3.8, 4) is 11.1 Å². The zero-order valence-corrected chi connectivity index (χ0v) is 15.6. The topological polar surface area (TPSA) is 0 Å². The summed E-state index contributed by atoms with van der Waals surface area (Å²) >= 11 is 7.22. The van der Waals surface area contributed by atoms with E-state index in [4.69, 9.17) is 0 Å². The Hall–Kier alpha value is -1.64. The molecule has 4 rings (SSSR count). The van der Waals surface area contributed by atoms with E-state index in [0.29, 0.717) is 0 Å². The van der Waals surface area contributed by atoms with Crippen LogP contribution < -0.4 is 0 Å². The minimum atomic E-state index is 0.176. The molecule has 0 fully saturated rings. The Kier molecular flexibility index (Phi) is 3.74. The molecule has 0 bridgehead atoms. The molecule has 1 aliphatic carbocycles. The van der Waals surface area contributed by atoms with Gasteiger partial charge in [-0.05, 0) is 51.6 Å². The molecule has 1 unspecified atom stereocenters. The summed E-state index contributed by atoms with van der Waals surface area (Å²) in [6, 6.07) is 23.6. The lowest BCUT2D eigenvalue weighted by Crippen LogP contribution is -2.11. The SMILES string of the molecule is C=C1c2ccccc2-c2ccccc2C1c1cc(Br)cc(Br)c1. The minimum Gasteiger partial charge on any atom is -0.0942 e. The van der Waals surface area contributed by atoms with E-state index in [1.165, 1.54) is 27.8 Å². The van der Waals surface area contributed by atoms with Gasteiger partial charge in [0, 0.05) is 14.9 Å². The monoisotopic (exact) mass is 424 g/mol.